The van der Waals surface area contributed by atoms with Crippen LogP contribution in [0, 0.1) is 46.3 Å². The molecule has 0 bridgehead atoms. The second kappa shape index (κ2) is 26.6. The zero-order valence-electron chi connectivity index (χ0n) is 45.5. The van der Waals surface area contributed by atoms with E-state index in [2.05, 4.69) is 33.1 Å². The van der Waals surface area contributed by atoms with E-state index in [-0.39, 0.29) is 67.4 Å². The molecule has 5 aliphatic rings. The molecule has 0 saturated heterocycles. The zero-order valence-corrected chi connectivity index (χ0v) is 48.1. The van der Waals surface area contributed by atoms with Gasteiger partial charge in [0.1, 0.15) is 43.1 Å². The van der Waals surface area contributed by atoms with E-state index >= 15 is 8.78 Å². The zero-order chi connectivity index (χ0) is 59.0. The number of primary amides is 1. The van der Waals surface area contributed by atoms with Gasteiger partial charge in [-0.1, -0.05) is 65.2 Å². The normalized spacial score (nSPS) is 31.1. The van der Waals surface area contributed by atoms with Gasteiger partial charge in [0.15, 0.2) is 17.1 Å². The van der Waals surface area contributed by atoms with Crippen LogP contribution in [0.1, 0.15) is 118 Å². The van der Waals surface area contributed by atoms with Crippen molar-refractivity contribution in [2.45, 2.75) is 161 Å². The molecule has 8 N–H and O–H groups in total. The molecule has 80 heavy (non-hydrogen) atoms. The van der Waals surface area contributed by atoms with Crippen LogP contribution in [0.4, 0.5) is 23.7 Å². The third kappa shape index (κ3) is 14.3. The summed E-state index contributed by atoms with van der Waals surface area (Å²) in [6.07, 6.45) is 1.31. The number of carbonyl (C=O) groups excluding carboxylic acids is 7. The molecule has 0 radical (unpaired) electrons. The second-order valence-corrected chi connectivity index (χ2v) is 25.5. The van der Waals surface area contributed by atoms with Crippen molar-refractivity contribution in [3.63, 3.8) is 0 Å². The molecule has 0 spiro atoms. The number of esters is 1. The van der Waals surface area contributed by atoms with Crippen LogP contribution in [0.2, 0.25) is 0 Å². The van der Waals surface area contributed by atoms with Crippen LogP contribution in [-0.4, -0.2) is 111 Å². The van der Waals surface area contributed by atoms with E-state index in [0.29, 0.717) is 6.42 Å². The number of rotatable bonds is 24. The lowest BCUT2D eigenvalue weighted by atomic mass is 9.44. The Morgan fingerprint density at radius 2 is 1.70 bits per heavy atom. The molecule has 14 atom stereocenters. The quantitative estimate of drug-likeness (QED) is 0.0232. The summed E-state index contributed by atoms with van der Waals surface area (Å²) in [5, 5.41) is 9.48. The number of urea groups is 1. The molecule has 3 saturated carbocycles. The Balaban J connectivity index is 1.15. The van der Waals surface area contributed by atoms with E-state index in [1.807, 2.05) is 0 Å². The summed E-state index contributed by atoms with van der Waals surface area (Å²) in [6.45, 7) is 8.06. The SMILES string of the molecule is CCC(=O)OC1(C(=O)SCF)C(C)CC2C3CC(F)C4=CC(=O)C=CC4(C)C3(F)C(OP(=O)(O)OP(=O)(O)OCc3ccc(NC(=O)[C@H](CCCNC(N)=O)NC(=O)[C@@H](NC(=O)COC4C#CCCCCC4)C(C)C)cc3)CC21C. The number of hydrogen-bond donors (Lipinski definition) is 7. The second-order valence-electron chi connectivity index (χ2n) is 21.7. The number of halogens is 3. The van der Waals surface area contributed by atoms with Crippen LogP contribution in [0.15, 0.2) is 48.1 Å². The number of phosphoric ester groups is 2. The number of ketones is 1. The van der Waals surface area contributed by atoms with Gasteiger partial charge in [-0.05, 0) is 117 Å². The lowest BCUT2D eigenvalue weighted by molar-refractivity contribution is -0.225. The van der Waals surface area contributed by atoms with Gasteiger partial charge < -0.3 is 46.3 Å². The third-order valence-electron chi connectivity index (χ3n) is 16.1. The summed E-state index contributed by atoms with van der Waals surface area (Å²) < 4.78 is 104. The Morgan fingerprint density at radius 3 is 2.36 bits per heavy atom. The first kappa shape index (κ1) is 64.3. The van der Waals surface area contributed by atoms with Crippen molar-refractivity contribution in [2.24, 2.45) is 40.2 Å². The highest BCUT2D eigenvalue weighted by Gasteiger charge is 2.79. The first-order valence-corrected chi connectivity index (χ1v) is 30.6. The van der Waals surface area contributed by atoms with E-state index in [4.69, 9.17) is 28.6 Å². The van der Waals surface area contributed by atoms with E-state index in [0.717, 1.165) is 43.9 Å². The lowest BCUT2D eigenvalue weighted by Gasteiger charge is -2.63. The molecule has 21 nitrogen and oxygen atoms in total. The van der Waals surface area contributed by atoms with Crippen molar-refractivity contribution in [1.29, 1.82) is 0 Å². The van der Waals surface area contributed by atoms with Crippen molar-refractivity contribution in [3.05, 3.63) is 53.6 Å². The molecule has 442 valence electrons. The Kier molecular flexibility index (Phi) is 21.3. The fourth-order valence-electron chi connectivity index (χ4n) is 12.2. The lowest BCUT2D eigenvalue weighted by Crippen LogP contribution is -2.71. The van der Waals surface area contributed by atoms with Gasteiger partial charge in [-0.2, -0.15) is 4.31 Å². The van der Waals surface area contributed by atoms with Crippen molar-refractivity contribution in [1.82, 2.24) is 16.0 Å². The standard InChI is InChI=1S/C53H72F3N5O16P2S/c1-7-44(64)75-53(48(67)80-30-54)32(4)24-37-38-26-40(55)39-25-35(62)21-22-50(39,5)52(38,56)42(27-51(37,53)6)76-79(71,72)77-78(69,70)74-28-33-17-19-34(20-18-33)59-46(65)41(16-13-23-58-49(57)68)60-47(66)45(31(2)3)61-43(63)29-73-36-14-11-9-8-10-12-15-36/h17-22,25,31-32,36-38,40-42,45H,7-11,13-14,16,23-24,26-30H2,1-6H3,(H,59,65)(H,60,66)(H,61,63)(H,69,70)(H,71,72)(H3,57,58,68)/t32?,36?,37?,38?,40?,41-,42?,45-,50?,51?,52?,53?/m0/s1. The predicted molar refractivity (Wildman–Crippen MR) is 286 cm³/mol. The number of hydrogen-bond acceptors (Lipinski definition) is 15. The average Bonchev–Trinajstić information content (AvgIpc) is 3.62. The number of allylic oxidation sites excluding steroid dienone is 4. The fraction of sp³-hybridized carbons (Fsp3) is 0.642. The number of anilines is 1. The Morgan fingerprint density at radius 1 is 0.988 bits per heavy atom. The highest BCUT2D eigenvalue weighted by molar-refractivity contribution is 8.13. The molecule has 0 aliphatic heterocycles. The van der Waals surface area contributed by atoms with Gasteiger partial charge in [0.25, 0.3) is 0 Å². The molecule has 0 heterocycles. The summed E-state index contributed by atoms with van der Waals surface area (Å²) in [4.78, 5) is 114. The van der Waals surface area contributed by atoms with Crippen molar-refractivity contribution >= 4 is 73.7 Å². The maximum atomic E-state index is 18.9. The highest BCUT2D eigenvalue weighted by Crippen LogP contribution is 2.74. The Labute approximate surface area is 467 Å². The number of carbonyl (C=O) groups is 7. The number of benzene rings is 1. The highest BCUT2D eigenvalue weighted by atomic mass is 32.2. The first-order chi connectivity index (χ1) is 37.6. The maximum Gasteiger partial charge on any atom is 0.481 e. The molecule has 6 rings (SSSR count). The smallest absolute Gasteiger partial charge is 0.449 e. The largest absolute Gasteiger partial charge is 0.481 e. The number of alkyl halides is 3. The number of fused-ring (bicyclic) bond motifs is 5. The van der Waals surface area contributed by atoms with Gasteiger partial charge in [0.05, 0.1) is 6.61 Å². The number of thioether (sulfide) groups is 1. The van der Waals surface area contributed by atoms with Gasteiger partial charge in [0.2, 0.25) is 22.8 Å². The molecular weight excluding hydrogens is 1110 g/mol. The summed E-state index contributed by atoms with van der Waals surface area (Å²) in [7, 11) is -11.6. The molecule has 1 aromatic carbocycles. The molecule has 3 fully saturated rings. The number of phosphoric acid groups is 2. The van der Waals surface area contributed by atoms with Crippen molar-refractivity contribution in [3.8, 4) is 11.8 Å². The minimum absolute atomic E-state index is 0.00486. The van der Waals surface area contributed by atoms with Gasteiger partial charge in [-0.25, -0.2) is 27.1 Å². The van der Waals surface area contributed by atoms with Crippen LogP contribution in [0.3, 0.4) is 0 Å². The van der Waals surface area contributed by atoms with Gasteiger partial charge in [0, 0.05) is 47.7 Å². The van der Waals surface area contributed by atoms with Crippen LogP contribution in [0.25, 0.3) is 0 Å². The van der Waals surface area contributed by atoms with Crippen molar-refractivity contribution < 1.29 is 88.5 Å². The summed E-state index contributed by atoms with van der Waals surface area (Å²) in [5.74, 6) is -1.28. The average molecular weight is 1190 g/mol. The number of nitrogens with one attached hydrogen (secondary N) is 4. The van der Waals surface area contributed by atoms with Crippen LogP contribution in [0.5, 0.6) is 0 Å². The minimum Gasteiger partial charge on any atom is -0.449 e. The monoisotopic (exact) mass is 1190 g/mol. The first-order valence-electron chi connectivity index (χ1n) is 26.6. The Hall–Kier alpha value is -4.89. The van der Waals surface area contributed by atoms with E-state index in [1.165, 1.54) is 45.0 Å². The molecule has 12 unspecified atom stereocenters. The molecule has 5 aliphatic carbocycles. The van der Waals surface area contributed by atoms with Crippen molar-refractivity contribution in [2.75, 3.05) is 24.5 Å². The number of ether oxygens (including phenoxy) is 2. The Bertz CT molecular complexity index is 2750. The van der Waals surface area contributed by atoms with E-state index < -0.39 is 158 Å². The number of nitrogens with two attached hydrogens (primary N) is 1. The topological polar surface area (TPSA) is 314 Å². The predicted octanol–water partition coefficient (Wildman–Crippen LogP) is 7.25. The van der Waals surface area contributed by atoms with Gasteiger partial charge in [-0.3, -0.25) is 37.8 Å². The van der Waals surface area contributed by atoms with Gasteiger partial charge >= 0.3 is 27.6 Å². The minimum atomic E-state index is -5.97. The summed E-state index contributed by atoms with van der Waals surface area (Å²) >= 11 is 0.201. The van der Waals surface area contributed by atoms with E-state index in [9.17, 15) is 56.9 Å². The molecule has 5 amide bonds. The number of amides is 5. The summed E-state index contributed by atoms with van der Waals surface area (Å²) in [5.41, 5.74) is -3.70. The summed E-state index contributed by atoms with van der Waals surface area (Å²) in [6, 6.07) is 1.07. The molecule has 27 heteroatoms. The maximum absolute atomic E-state index is 18.9. The van der Waals surface area contributed by atoms with Gasteiger partial charge in [-0.15, -0.1) is 5.92 Å². The molecule has 0 aromatic heterocycles. The fourth-order valence-corrected chi connectivity index (χ4v) is 15.2. The van der Waals surface area contributed by atoms with Crippen LogP contribution in [-0.2, 0) is 67.3 Å². The molecule has 1 aromatic rings. The van der Waals surface area contributed by atoms with Crippen LogP contribution >= 0.6 is 27.4 Å². The third-order valence-corrected chi connectivity index (χ3v) is 19.4. The van der Waals surface area contributed by atoms with Crippen LogP contribution < -0.4 is 27.0 Å². The molecular formula is C53H72F3N5O16P2S. The van der Waals surface area contributed by atoms with E-state index in [1.54, 1.807) is 20.8 Å².